The van der Waals surface area contributed by atoms with Gasteiger partial charge < -0.3 is 14.0 Å². The van der Waals surface area contributed by atoms with Crippen molar-refractivity contribution in [3.63, 3.8) is 0 Å². The Morgan fingerprint density at radius 3 is 2.57 bits per heavy atom. The average Bonchev–Trinajstić information content (AvgIpc) is 3.62. The Bertz CT molecular complexity index is 1560. The van der Waals surface area contributed by atoms with Gasteiger partial charge >= 0.3 is 0 Å². The number of rotatable bonds is 4. The molecule has 0 fully saturated rings. The molecule has 1 amide bonds. The van der Waals surface area contributed by atoms with Crippen LogP contribution in [0.5, 0.6) is 0 Å². The lowest BCUT2D eigenvalue weighted by molar-refractivity contribution is 0.0748. The number of aromatic nitrogens is 4. The third-order valence-electron chi connectivity index (χ3n) is 6.32. The average molecular weight is 484 g/mol. The number of hydrogen-bond acceptors (Lipinski definition) is 4. The van der Waals surface area contributed by atoms with E-state index < -0.39 is 0 Å². The van der Waals surface area contributed by atoms with Crippen LogP contribution in [-0.2, 0) is 13.1 Å². The number of amides is 1. The molecule has 3 aromatic heterocycles. The van der Waals surface area contributed by atoms with Crippen LogP contribution in [0.1, 0.15) is 32.9 Å². The van der Waals surface area contributed by atoms with E-state index in [9.17, 15) is 4.79 Å². The highest BCUT2D eigenvalue weighted by molar-refractivity contribution is 6.33. The molecule has 7 nitrogen and oxygen atoms in total. The first kappa shape index (κ1) is 21.4. The van der Waals surface area contributed by atoms with Gasteiger partial charge in [-0.3, -0.25) is 4.79 Å². The van der Waals surface area contributed by atoms with Crippen molar-refractivity contribution in [3.05, 3.63) is 106 Å². The Kier molecular flexibility index (Phi) is 5.07. The first-order valence-electron chi connectivity index (χ1n) is 11.3. The van der Waals surface area contributed by atoms with Gasteiger partial charge in [0.15, 0.2) is 0 Å². The fraction of sp³-hybridized carbons (Fsp3) is 0.148. The van der Waals surface area contributed by atoms with Crippen LogP contribution in [0.4, 0.5) is 0 Å². The Morgan fingerprint density at radius 2 is 1.80 bits per heavy atom. The van der Waals surface area contributed by atoms with Gasteiger partial charge in [0.25, 0.3) is 5.91 Å². The molecule has 0 saturated carbocycles. The molecular weight excluding hydrogens is 462 g/mol. The van der Waals surface area contributed by atoms with Crippen molar-refractivity contribution in [2.75, 3.05) is 0 Å². The molecule has 174 valence electrons. The summed E-state index contributed by atoms with van der Waals surface area (Å²) in [5.74, 6) is 1.24. The molecule has 4 heterocycles. The molecule has 5 aromatic rings. The van der Waals surface area contributed by atoms with Crippen LogP contribution < -0.4 is 0 Å². The predicted octanol–water partition coefficient (Wildman–Crippen LogP) is 5.74. The predicted molar refractivity (Wildman–Crippen MR) is 133 cm³/mol. The Labute approximate surface area is 207 Å². The quantitative estimate of drug-likeness (QED) is 0.326. The van der Waals surface area contributed by atoms with Gasteiger partial charge in [-0.2, -0.15) is 5.10 Å². The zero-order valence-electron chi connectivity index (χ0n) is 19.3. The van der Waals surface area contributed by atoms with Gasteiger partial charge in [-0.1, -0.05) is 47.1 Å². The highest BCUT2D eigenvalue weighted by atomic mass is 35.5. The Balaban J connectivity index is 1.39. The Morgan fingerprint density at radius 1 is 1.00 bits per heavy atom. The van der Waals surface area contributed by atoms with Crippen molar-refractivity contribution in [1.82, 2.24) is 24.4 Å². The van der Waals surface area contributed by atoms with Crippen molar-refractivity contribution in [1.29, 1.82) is 0 Å². The number of fused-ring (bicyclic) bond motifs is 1. The van der Waals surface area contributed by atoms with E-state index in [4.69, 9.17) is 21.2 Å². The number of aryl methyl sites for hydroxylation is 2. The van der Waals surface area contributed by atoms with Crippen LogP contribution in [0.15, 0.2) is 77.6 Å². The minimum Gasteiger partial charge on any atom is -0.360 e. The first-order valence-corrected chi connectivity index (χ1v) is 11.7. The van der Waals surface area contributed by atoms with E-state index in [1.54, 1.807) is 17.9 Å². The SMILES string of the molecule is Cc1cccc(-n2nc3c(c2-n2cccc2)CN(C(=O)c2c(-c4ccccc4Cl)noc2C)C3)c1. The first-order chi connectivity index (χ1) is 17.0. The van der Waals surface area contributed by atoms with Gasteiger partial charge in [0, 0.05) is 23.5 Å². The lowest BCUT2D eigenvalue weighted by Crippen LogP contribution is -2.27. The normalized spacial score (nSPS) is 12.8. The van der Waals surface area contributed by atoms with Gasteiger partial charge in [-0.05, 0) is 49.7 Å². The third kappa shape index (κ3) is 3.56. The van der Waals surface area contributed by atoms with E-state index in [1.165, 1.54) is 0 Å². The summed E-state index contributed by atoms with van der Waals surface area (Å²) in [6.07, 6.45) is 3.99. The van der Waals surface area contributed by atoms with Crippen LogP contribution >= 0.6 is 11.6 Å². The summed E-state index contributed by atoms with van der Waals surface area (Å²) in [5.41, 5.74) is 5.58. The molecule has 0 radical (unpaired) electrons. The molecule has 35 heavy (non-hydrogen) atoms. The smallest absolute Gasteiger partial charge is 0.260 e. The summed E-state index contributed by atoms with van der Waals surface area (Å²) in [5, 5.41) is 9.61. The highest BCUT2D eigenvalue weighted by Crippen LogP contribution is 2.35. The van der Waals surface area contributed by atoms with E-state index in [0.29, 0.717) is 40.7 Å². The number of hydrogen-bond donors (Lipinski definition) is 0. The number of benzene rings is 2. The van der Waals surface area contributed by atoms with Crippen LogP contribution in [0.2, 0.25) is 5.02 Å². The Hall–Kier alpha value is -4.10. The van der Waals surface area contributed by atoms with Gasteiger partial charge in [0.05, 0.1) is 29.5 Å². The van der Waals surface area contributed by atoms with Crippen LogP contribution in [0, 0.1) is 13.8 Å². The maximum atomic E-state index is 13.7. The number of halogens is 1. The van der Waals surface area contributed by atoms with E-state index in [2.05, 4.69) is 24.2 Å². The summed E-state index contributed by atoms with van der Waals surface area (Å²) in [7, 11) is 0. The van der Waals surface area contributed by atoms with Crippen molar-refractivity contribution < 1.29 is 9.32 Å². The molecule has 0 bridgehead atoms. The van der Waals surface area contributed by atoms with Crippen LogP contribution in [0.25, 0.3) is 22.8 Å². The third-order valence-corrected chi connectivity index (χ3v) is 6.65. The number of carbonyl (C=O) groups is 1. The molecule has 0 atom stereocenters. The molecule has 0 unspecified atom stereocenters. The second-order valence-electron chi connectivity index (χ2n) is 8.69. The molecule has 0 N–H and O–H groups in total. The monoisotopic (exact) mass is 483 g/mol. The van der Waals surface area contributed by atoms with Crippen LogP contribution in [-0.4, -0.2) is 30.3 Å². The largest absolute Gasteiger partial charge is 0.360 e. The topological polar surface area (TPSA) is 69.1 Å². The van der Waals surface area contributed by atoms with Gasteiger partial charge in [0.2, 0.25) is 0 Å². The van der Waals surface area contributed by atoms with E-state index >= 15 is 0 Å². The van der Waals surface area contributed by atoms with Crippen molar-refractivity contribution >= 4 is 17.5 Å². The lowest BCUT2D eigenvalue weighted by atomic mass is 10.1. The molecule has 0 spiro atoms. The maximum absolute atomic E-state index is 13.7. The molecule has 6 rings (SSSR count). The second kappa shape index (κ2) is 8.29. The van der Waals surface area contributed by atoms with Crippen molar-refractivity contribution in [3.8, 4) is 22.8 Å². The molecule has 1 aliphatic rings. The van der Waals surface area contributed by atoms with Crippen LogP contribution in [0.3, 0.4) is 0 Å². The van der Waals surface area contributed by atoms with Crippen molar-refractivity contribution in [2.24, 2.45) is 0 Å². The second-order valence-corrected chi connectivity index (χ2v) is 9.10. The molecule has 0 aliphatic carbocycles. The molecule has 0 saturated heterocycles. The molecular formula is C27H22ClN5O2. The maximum Gasteiger partial charge on any atom is 0.260 e. The molecule has 1 aliphatic heterocycles. The minimum atomic E-state index is -0.155. The number of carbonyl (C=O) groups excluding carboxylic acids is 1. The standard InChI is InChI=1S/C27H22ClN5O2/c1-17-8-7-9-19(14-17)33-26(31-12-5-6-13-31)21-15-32(16-23(21)29-33)27(34)24-18(2)35-30-25(24)20-10-3-4-11-22(20)28/h3-14H,15-16H2,1-2H3. The van der Waals surface area contributed by atoms with E-state index in [1.807, 2.05) is 64.1 Å². The summed E-state index contributed by atoms with van der Waals surface area (Å²) in [6.45, 7) is 4.64. The van der Waals surface area contributed by atoms with Gasteiger partial charge in [-0.15, -0.1) is 0 Å². The zero-order valence-corrected chi connectivity index (χ0v) is 20.0. The molecule has 8 heteroatoms. The highest BCUT2D eigenvalue weighted by Gasteiger charge is 2.35. The van der Waals surface area contributed by atoms with E-state index in [-0.39, 0.29) is 5.91 Å². The fourth-order valence-corrected chi connectivity index (χ4v) is 4.87. The zero-order chi connectivity index (χ0) is 24.1. The summed E-state index contributed by atoms with van der Waals surface area (Å²) in [6, 6.07) is 19.5. The fourth-order valence-electron chi connectivity index (χ4n) is 4.65. The summed E-state index contributed by atoms with van der Waals surface area (Å²) < 4.78 is 9.44. The lowest BCUT2D eigenvalue weighted by Gasteiger charge is -2.18. The minimum absolute atomic E-state index is 0.155. The van der Waals surface area contributed by atoms with E-state index in [0.717, 1.165) is 28.3 Å². The molecule has 2 aromatic carbocycles. The number of nitrogens with zero attached hydrogens (tertiary/aromatic N) is 5. The van der Waals surface area contributed by atoms with Gasteiger partial charge in [-0.25, -0.2) is 4.68 Å². The summed E-state index contributed by atoms with van der Waals surface area (Å²) >= 11 is 6.40. The summed E-state index contributed by atoms with van der Waals surface area (Å²) in [4.78, 5) is 15.5. The van der Waals surface area contributed by atoms with Gasteiger partial charge in [0.1, 0.15) is 22.8 Å². The van der Waals surface area contributed by atoms with Crippen molar-refractivity contribution in [2.45, 2.75) is 26.9 Å².